The quantitative estimate of drug-likeness (QED) is 0.803. The topological polar surface area (TPSA) is 27.0 Å². The number of rotatable bonds is 4. The Hall–Kier alpha value is -1.33. The van der Waals surface area contributed by atoms with Crippen molar-refractivity contribution in [2.45, 2.75) is 58.0 Å². The summed E-state index contributed by atoms with van der Waals surface area (Å²) in [7, 11) is 2.19. The van der Waals surface area contributed by atoms with Gasteiger partial charge >= 0.3 is 0 Å². The molecule has 0 amide bonds. The fourth-order valence-corrected chi connectivity index (χ4v) is 3.30. The molecule has 2 rings (SSSR count). The molecule has 0 heterocycles. The lowest BCUT2D eigenvalue weighted by Crippen LogP contribution is -2.39. The molecule has 1 aromatic rings. The van der Waals surface area contributed by atoms with E-state index in [4.69, 9.17) is 5.26 Å². The first kappa shape index (κ1) is 15.1. The second-order valence-electron chi connectivity index (χ2n) is 6.85. The molecule has 0 spiro atoms. The Labute approximate surface area is 123 Å². The third-order valence-corrected chi connectivity index (χ3v) is 4.85. The highest BCUT2D eigenvalue weighted by Gasteiger charge is 2.31. The van der Waals surface area contributed by atoms with Crippen LogP contribution in [0.3, 0.4) is 0 Å². The molecule has 108 valence electrons. The molecule has 2 heteroatoms. The summed E-state index contributed by atoms with van der Waals surface area (Å²) in [6, 6.07) is 13.7. The van der Waals surface area contributed by atoms with Crippen molar-refractivity contribution in [1.82, 2.24) is 4.90 Å². The SMILES string of the molecule is CN(C1CCC(C)(C)CC1)C(CC#N)c1ccccc1. The van der Waals surface area contributed by atoms with Gasteiger partial charge in [-0.15, -0.1) is 0 Å². The molecule has 1 aromatic carbocycles. The van der Waals surface area contributed by atoms with Crippen molar-refractivity contribution in [3.63, 3.8) is 0 Å². The van der Waals surface area contributed by atoms with E-state index >= 15 is 0 Å². The van der Waals surface area contributed by atoms with Gasteiger partial charge in [-0.05, 0) is 43.7 Å². The van der Waals surface area contributed by atoms with E-state index in [9.17, 15) is 0 Å². The van der Waals surface area contributed by atoms with E-state index in [0.717, 1.165) is 0 Å². The Kier molecular flexibility index (Phi) is 4.83. The predicted octanol–water partition coefficient (Wildman–Crippen LogP) is 4.54. The summed E-state index contributed by atoms with van der Waals surface area (Å²) in [5, 5.41) is 9.15. The van der Waals surface area contributed by atoms with Crippen LogP contribution in [0.1, 0.15) is 57.6 Å². The number of nitriles is 1. The monoisotopic (exact) mass is 270 g/mol. The van der Waals surface area contributed by atoms with Crippen molar-refractivity contribution >= 4 is 0 Å². The predicted molar refractivity (Wildman–Crippen MR) is 83.2 cm³/mol. The maximum absolute atomic E-state index is 9.15. The number of nitrogens with zero attached hydrogens (tertiary/aromatic N) is 2. The zero-order valence-electron chi connectivity index (χ0n) is 13.0. The Morgan fingerprint density at radius 1 is 1.25 bits per heavy atom. The second kappa shape index (κ2) is 6.41. The third-order valence-electron chi connectivity index (χ3n) is 4.85. The third kappa shape index (κ3) is 3.61. The van der Waals surface area contributed by atoms with Crippen LogP contribution < -0.4 is 0 Å². The van der Waals surface area contributed by atoms with Crippen LogP contribution in [0, 0.1) is 16.7 Å². The van der Waals surface area contributed by atoms with Crippen molar-refractivity contribution in [3.8, 4) is 6.07 Å². The van der Waals surface area contributed by atoms with Crippen LogP contribution in [0.5, 0.6) is 0 Å². The number of benzene rings is 1. The van der Waals surface area contributed by atoms with E-state index in [1.165, 1.54) is 31.2 Å². The van der Waals surface area contributed by atoms with Gasteiger partial charge < -0.3 is 0 Å². The molecule has 1 aliphatic carbocycles. The molecule has 1 unspecified atom stereocenters. The van der Waals surface area contributed by atoms with Gasteiger partial charge in [-0.25, -0.2) is 0 Å². The fourth-order valence-electron chi connectivity index (χ4n) is 3.30. The van der Waals surface area contributed by atoms with Gasteiger partial charge in [0.05, 0.1) is 12.5 Å². The van der Waals surface area contributed by atoms with E-state index in [1.807, 2.05) is 6.07 Å². The highest BCUT2D eigenvalue weighted by atomic mass is 15.2. The highest BCUT2D eigenvalue weighted by Crippen LogP contribution is 2.39. The lowest BCUT2D eigenvalue weighted by atomic mass is 9.75. The summed E-state index contributed by atoms with van der Waals surface area (Å²) in [5.41, 5.74) is 1.76. The van der Waals surface area contributed by atoms with Gasteiger partial charge in [-0.1, -0.05) is 44.2 Å². The summed E-state index contributed by atoms with van der Waals surface area (Å²) in [4.78, 5) is 2.44. The van der Waals surface area contributed by atoms with Crippen molar-refractivity contribution in [1.29, 1.82) is 5.26 Å². The van der Waals surface area contributed by atoms with Gasteiger partial charge in [0.15, 0.2) is 0 Å². The van der Waals surface area contributed by atoms with E-state index in [2.05, 4.69) is 56.1 Å². The first-order valence-corrected chi connectivity index (χ1v) is 7.67. The molecule has 0 bridgehead atoms. The summed E-state index contributed by atoms with van der Waals surface area (Å²) < 4.78 is 0. The molecule has 1 atom stereocenters. The Morgan fingerprint density at radius 3 is 2.40 bits per heavy atom. The molecule has 1 saturated carbocycles. The molecule has 0 radical (unpaired) electrons. The maximum Gasteiger partial charge on any atom is 0.0641 e. The lowest BCUT2D eigenvalue weighted by molar-refractivity contribution is 0.0953. The van der Waals surface area contributed by atoms with Crippen LogP contribution in [-0.4, -0.2) is 18.0 Å². The average molecular weight is 270 g/mol. The summed E-state index contributed by atoms with van der Waals surface area (Å²) in [5.74, 6) is 0. The van der Waals surface area contributed by atoms with Crippen molar-refractivity contribution < 1.29 is 0 Å². The Balaban J connectivity index is 2.09. The zero-order valence-corrected chi connectivity index (χ0v) is 13.0. The smallest absolute Gasteiger partial charge is 0.0641 e. The van der Waals surface area contributed by atoms with Crippen LogP contribution in [0.2, 0.25) is 0 Å². The first-order valence-electron chi connectivity index (χ1n) is 7.67. The molecule has 1 fully saturated rings. The summed E-state index contributed by atoms with van der Waals surface area (Å²) in [6.45, 7) is 4.74. The molecule has 20 heavy (non-hydrogen) atoms. The molecule has 0 aromatic heterocycles. The van der Waals surface area contributed by atoms with Crippen LogP contribution >= 0.6 is 0 Å². The minimum absolute atomic E-state index is 0.229. The molecular formula is C18H26N2. The van der Waals surface area contributed by atoms with Crippen molar-refractivity contribution in [2.75, 3.05) is 7.05 Å². The summed E-state index contributed by atoms with van der Waals surface area (Å²) >= 11 is 0. The summed E-state index contributed by atoms with van der Waals surface area (Å²) in [6.07, 6.45) is 5.64. The maximum atomic E-state index is 9.15. The van der Waals surface area contributed by atoms with E-state index in [1.54, 1.807) is 0 Å². The highest BCUT2D eigenvalue weighted by molar-refractivity contribution is 5.20. The standard InChI is InChI=1S/C18H26N2/c1-18(2)12-9-16(10-13-18)20(3)17(11-14-19)15-7-5-4-6-8-15/h4-8,16-17H,9-13H2,1-3H3. The number of hydrogen-bond acceptors (Lipinski definition) is 2. The van der Waals surface area contributed by atoms with Crippen molar-refractivity contribution in [3.05, 3.63) is 35.9 Å². The molecule has 0 aliphatic heterocycles. The van der Waals surface area contributed by atoms with E-state index < -0.39 is 0 Å². The lowest BCUT2D eigenvalue weighted by Gasteiger charge is -2.41. The van der Waals surface area contributed by atoms with Gasteiger partial charge in [0.2, 0.25) is 0 Å². The second-order valence-corrected chi connectivity index (χ2v) is 6.85. The normalized spacial score (nSPS) is 20.6. The average Bonchev–Trinajstić information content (AvgIpc) is 2.45. The molecule has 1 aliphatic rings. The van der Waals surface area contributed by atoms with Crippen LogP contribution in [0.25, 0.3) is 0 Å². The van der Waals surface area contributed by atoms with Crippen molar-refractivity contribution in [2.24, 2.45) is 5.41 Å². The minimum atomic E-state index is 0.229. The van der Waals surface area contributed by atoms with E-state index in [-0.39, 0.29) is 6.04 Å². The zero-order chi connectivity index (χ0) is 14.6. The number of hydrogen-bond donors (Lipinski definition) is 0. The Bertz CT molecular complexity index is 448. The van der Waals surface area contributed by atoms with Gasteiger partial charge in [-0.3, -0.25) is 4.90 Å². The Morgan fingerprint density at radius 2 is 1.85 bits per heavy atom. The van der Waals surface area contributed by atoms with Gasteiger partial charge in [0.1, 0.15) is 0 Å². The van der Waals surface area contributed by atoms with Gasteiger partial charge in [0.25, 0.3) is 0 Å². The van der Waals surface area contributed by atoms with Crippen LogP contribution in [-0.2, 0) is 0 Å². The largest absolute Gasteiger partial charge is 0.295 e. The van der Waals surface area contributed by atoms with Gasteiger partial charge in [-0.2, -0.15) is 5.26 Å². The van der Waals surface area contributed by atoms with E-state index in [0.29, 0.717) is 17.9 Å². The molecule has 0 saturated heterocycles. The van der Waals surface area contributed by atoms with Crippen LogP contribution in [0.15, 0.2) is 30.3 Å². The molecule has 0 N–H and O–H groups in total. The minimum Gasteiger partial charge on any atom is -0.295 e. The fraction of sp³-hybridized carbons (Fsp3) is 0.611. The molecular weight excluding hydrogens is 244 g/mol. The van der Waals surface area contributed by atoms with Crippen LogP contribution in [0.4, 0.5) is 0 Å². The first-order chi connectivity index (χ1) is 9.53. The van der Waals surface area contributed by atoms with Gasteiger partial charge in [0, 0.05) is 12.1 Å². The molecule has 2 nitrogen and oxygen atoms in total.